The molecular weight excluding hydrogens is 360 g/mol. The second-order valence-corrected chi connectivity index (χ2v) is 5.57. The summed E-state index contributed by atoms with van der Waals surface area (Å²) in [4.78, 5) is 2.73. The molecule has 3 rings (SSSR count). The number of H-pyrrole nitrogens is 1. The number of rotatable bonds is 1. The quantitative estimate of drug-likeness (QED) is 0.640. The molecule has 0 saturated carbocycles. The number of aromatic amines is 1. The molecular formula is C14H6BrF2N3S. The van der Waals surface area contributed by atoms with Gasteiger partial charge >= 0.3 is 0 Å². The third-order valence-electron chi connectivity index (χ3n) is 3.03. The molecule has 0 spiro atoms. The Bertz CT molecular complexity index is 969. The van der Waals surface area contributed by atoms with Crippen LogP contribution in [-0.2, 0) is 0 Å². The van der Waals surface area contributed by atoms with E-state index in [0.717, 1.165) is 6.07 Å². The van der Waals surface area contributed by atoms with Crippen LogP contribution in [-0.4, -0.2) is 9.55 Å². The maximum absolute atomic E-state index is 13.8. The van der Waals surface area contributed by atoms with Crippen LogP contribution >= 0.6 is 28.1 Å². The van der Waals surface area contributed by atoms with Gasteiger partial charge in [-0.3, -0.25) is 4.57 Å². The van der Waals surface area contributed by atoms with Gasteiger partial charge < -0.3 is 4.98 Å². The Hall–Kier alpha value is -2.04. The van der Waals surface area contributed by atoms with Gasteiger partial charge in [0.1, 0.15) is 11.3 Å². The van der Waals surface area contributed by atoms with Gasteiger partial charge in [-0.2, -0.15) is 5.26 Å². The average Bonchev–Trinajstić information content (AvgIpc) is 2.75. The first-order valence-corrected chi connectivity index (χ1v) is 7.01. The normalized spacial score (nSPS) is 10.8. The Morgan fingerprint density at radius 2 is 2.00 bits per heavy atom. The fourth-order valence-corrected chi connectivity index (χ4v) is 2.98. The number of fused-ring (bicyclic) bond motifs is 1. The van der Waals surface area contributed by atoms with Gasteiger partial charge in [0.25, 0.3) is 0 Å². The minimum atomic E-state index is -0.709. The molecule has 104 valence electrons. The van der Waals surface area contributed by atoms with Crippen molar-refractivity contribution in [3.05, 3.63) is 56.8 Å². The van der Waals surface area contributed by atoms with Crippen molar-refractivity contribution in [2.24, 2.45) is 0 Å². The topological polar surface area (TPSA) is 44.5 Å². The first kappa shape index (κ1) is 13.9. The molecule has 0 aliphatic heterocycles. The van der Waals surface area contributed by atoms with Crippen LogP contribution in [0.4, 0.5) is 8.78 Å². The van der Waals surface area contributed by atoms with Crippen molar-refractivity contribution in [1.82, 2.24) is 9.55 Å². The molecule has 21 heavy (non-hydrogen) atoms. The van der Waals surface area contributed by atoms with Crippen molar-refractivity contribution in [3.8, 4) is 11.8 Å². The lowest BCUT2D eigenvalue weighted by Crippen LogP contribution is -1.96. The van der Waals surface area contributed by atoms with Crippen LogP contribution in [0.15, 0.2) is 34.8 Å². The summed E-state index contributed by atoms with van der Waals surface area (Å²) in [6.45, 7) is 0. The molecule has 0 radical (unpaired) electrons. The minimum absolute atomic E-state index is 0.137. The van der Waals surface area contributed by atoms with Crippen molar-refractivity contribution in [2.45, 2.75) is 0 Å². The summed E-state index contributed by atoms with van der Waals surface area (Å²) >= 11 is 8.54. The van der Waals surface area contributed by atoms with E-state index in [9.17, 15) is 8.78 Å². The van der Waals surface area contributed by atoms with E-state index >= 15 is 0 Å². The number of nitriles is 1. The standard InChI is InChI=1S/C14H6BrF2N3S/c15-9-3-7(6-18)1-2-11(9)20-12-5-8(16)4-10(17)13(12)19-14(20)21/h1-5H,(H,19,21). The van der Waals surface area contributed by atoms with E-state index < -0.39 is 11.6 Å². The van der Waals surface area contributed by atoms with Gasteiger partial charge in [-0.15, -0.1) is 0 Å². The molecule has 0 unspecified atom stereocenters. The lowest BCUT2D eigenvalue weighted by atomic mass is 10.2. The highest BCUT2D eigenvalue weighted by Crippen LogP contribution is 2.28. The fourth-order valence-electron chi connectivity index (χ4n) is 2.13. The van der Waals surface area contributed by atoms with Crippen LogP contribution < -0.4 is 0 Å². The molecule has 0 aliphatic carbocycles. The first-order chi connectivity index (χ1) is 10.0. The Kier molecular flexibility index (Phi) is 3.35. The predicted molar refractivity (Wildman–Crippen MR) is 80.8 cm³/mol. The average molecular weight is 366 g/mol. The zero-order valence-corrected chi connectivity index (χ0v) is 12.7. The smallest absolute Gasteiger partial charge is 0.182 e. The summed E-state index contributed by atoms with van der Waals surface area (Å²) in [7, 11) is 0. The molecule has 1 aromatic heterocycles. The lowest BCUT2D eigenvalue weighted by molar-refractivity contribution is 0.590. The van der Waals surface area contributed by atoms with E-state index in [-0.39, 0.29) is 10.3 Å². The number of nitrogens with one attached hydrogen (secondary N) is 1. The zero-order chi connectivity index (χ0) is 15.1. The second-order valence-electron chi connectivity index (χ2n) is 4.33. The van der Waals surface area contributed by atoms with Crippen molar-refractivity contribution >= 4 is 39.2 Å². The molecule has 0 bridgehead atoms. The van der Waals surface area contributed by atoms with Gasteiger partial charge in [-0.25, -0.2) is 8.78 Å². The molecule has 0 saturated heterocycles. The van der Waals surface area contributed by atoms with Gasteiger partial charge in [-0.1, -0.05) is 0 Å². The van der Waals surface area contributed by atoms with Gasteiger partial charge in [-0.05, 0) is 46.3 Å². The Morgan fingerprint density at radius 3 is 2.67 bits per heavy atom. The summed E-state index contributed by atoms with van der Waals surface area (Å²) in [5.41, 5.74) is 1.49. The Labute approximate surface area is 131 Å². The van der Waals surface area contributed by atoms with Crippen molar-refractivity contribution in [1.29, 1.82) is 5.26 Å². The molecule has 1 N–H and O–H groups in total. The van der Waals surface area contributed by atoms with Gasteiger partial charge in [0.15, 0.2) is 10.6 Å². The lowest BCUT2D eigenvalue weighted by Gasteiger charge is -2.07. The van der Waals surface area contributed by atoms with Gasteiger partial charge in [0, 0.05) is 16.6 Å². The predicted octanol–water partition coefficient (Wildman–Crippen LogP) is 4.60. The van der Waals surface area contributed by atoms with E-state index in [0.29, 0.717) is 21.2 Å². The third-order valence-corrected chi connectivity index (χ3v) is 3.95. The van der Waals surface area contributed by atoms with Crippen molar-refractivity contribution in [3.63, 3.8) is 0 Å². The minimum Gasteiger partial charge on any atom is -0.328 e. The van der Waals surface area contributed by atoms with Crippen LogP contribution in [0.3, 0.4) is 0 Å². The summed E-state index contributed by atoms with van der Waals surface area (Å²) in [6, 6.07) is 8.90. The summed E-state index contributed by atoms with van der Waals surface area (Å²) < 4.78 is 29.6. The molecule has 0 atom stereocenters. The van der Waals surface area contributed by atoms with Crippen molar-refractivity contribution in [2.75, 3.05) is 0 Å². The van der Waals surface area contributed by atoms with Crippen LogP contribution in [0.5, 0.6) is 0 Å². The number of hydrogen-bond donors (Lipinski definition) is 1. The van der Waals surface area contributed by atoms with E-state index in [1.807, 2.05) is 6.07 Å². The fraction of sp³-hybridized carbons (Fsp3) is 0. The highest BCUT2D eigenvalue weighted by molar-refractivity contribution is 9.10. The van der Waals surface area contributed by atoms with Crippen LogP contribution in [0.2, 0.25) is 0 Å². The van der Waals surface area contributed by atoms with Crippen LogP contribution in [0.25, 0.3) is 16.7 Å². The molecule has 0 amide bonds. The highest BCUT2D eigenvalue weighted by Gasteiger charge is 2.14. The molecule has 7 heteroatoms. The van der Waals surface area contributed by atoms with Crippen LogP contribution in [0.1, 0.15) is 5.56 Å². The number of nitrogens with zero attached hydrogens (tertiary/aromatic N) is 2. The molecule has 3 aromatic rings. The highest BCUT2D eigenvalue weighted by atomic mass is 79.9. The number of halogens is 3. The second kappa shape index (κ2) is 5.06. The molecule has 1 heterocycles. The number of imidazole rings is 1. The Balaban J connectivity index is 2.38. The first-order valence-electron chi connectivity index (χ1n) is 5.81. The molecule has 0 aliphatic rings. The SMILES string of the molecule is N#Cc1ccc(-n2c(=S)[nH]c3c(F)cc(F)cc32)c(Br)c1. The monoisotopic (exact) mass is 365 g/mol. The third kappa shape index (κ3) is 2.26. The largest absolute Gasteiger partial charge is 0.328 e. The molecule has 2 aromatic carbocycles. The summed E-state index contributed by atoms with van der Waals surface area (Å²) in [5.74, 6) is -1.40. The van der Waals surface area contributed by atoms with Gasteiger partial charge in [0.2, 0.25) is 0 Å². The maximum atomic E-state index is 13.8. The van der Waals surface area contributed by atoms with Crippen molar-refractivity contribution < 1.29 is 8.78 Å². The molecule has 3 nitrogen and oxygen atoms in total. The number of hydrogen-bond acceptors (Lipinski definition) is 2. The zero-order valence-electron chi connectivity index (χ0n) is 10.3. The number of benzene rings is 2. The van der Waals surface area contributed by atoms with E-state index in [1.165, 1.54) is 10.6 Å². The van der Waals surface area contributed by atoms with E-state index in [1.54, 1.807) is 18.2 Å². The maximum Gasteiger partial charge on any atom is 0.182 e. The van der Waals surface area contributed by atoms with E-state index in [2.05, 4.69) is 20.9 Å². The van der Waals surface area contributed by atoms with E-state index in [4.69, 9.17) is 17.5 Å². The van der Waals surface area contributed by atoms with Crippen LogP contribution in [0, 0.1) is 27.7 Å². The van der Waals surface area contributed by atoms with Gasteiger partial charge in [0.05, 0.1) is 22.8 Å². The Morgan fingerprint density at radius 1 is 1.24 bits per heavy atom. The summed E-state index contributed by atoms with van der Waals surface area (Å²) in [6.07, 6.45) is 0. The molecule has 0 fully saturated rings. The number of aromatic nitrogens is 2. The summed E-state index contributed by atoms with van der Waals surface area (Å²) in [5, 5.41) is 8.88.